The van der Waals surface area contributed by atoms with Gasteiger partial charge in [-0.15, -0.1) is 0 Å². The second-order valence-electron chi connectivity index (χ2n) is 6.39. The molecule has 5 heteroatoms. The first-order chi connectivity index (χ1) is 11.4. The van der Waals surface area contributed by atoms with E-state index < -0.39 is 5.41 Å². The molecule has 24 heavy (non-hydrogen) atoms. The number of hydrogen-bond acceptors (Lipinski definition) is 2. The molecule has 1 N–H and O–H groups in total. The zero-order valence-electron chi connectivity index (χ0n) is 13.7. The molecular weight excluding hydrogens is 368 g/mol. The molecule has 0 fully saturated rings. The van der Waals surface area contributed by atoms with Crippen LogP contribution in [0.15, 0.2) is 53.0 Å². The smallest absolute Gasteiger partial charge is 0.242 e. The van der Waals surface area contributed by atoms with Crippen LogP contribution in [0.1, 0.15) is 19.4 Å². The van der Waals surface area contributed by atoms with Crippen LogP contribution in [0.3, 0.4) is 0 Å². The van der Waals surface area contributed by atoms with Crippen LogP contribution in [0.4, 0.5) is 11.4 Å². The maximum absolute atomic E-state index is 13.0. The van der Waals surface area contributed by atoms with Gasteiger partial charge >= 0.3 is 0 Å². The molecule has 1 aliphatic rings. The monoisotopic (exact) mass is 386 g/mol. The number of fused-ring (bicyclic) bond motifs is 1. The molecule has 2 aromatic rings. The van der Waals surface area contributed by atoms with E-state index in [0.717, 1.165) is 22.1 Å². The van der Waals surface area contributed by atoms with Crippen LogP contribution in [-0.2, 0) is 16.0 Å². The number of rotatable bonds is 3. The standard InChI is InChI=1S/C19H19BrN2O2/c1-19(2,17(23)21-15-9-5-4-8-14(15)20)18(24)22-12-11-13-7-3-6-10-16(13)22/h3-10H,11-12H2,1-2H3,(H,21,23). The normalized spacial score (nSPS) is 13.5. The molecule has 0 saturated carbocycles. The topological polar surface area (TPSA) is 49.4 Å². The number of halogens is 1. The van der Waals surface area contributed by atoms with Crippen LogP contribution >= 0.6 is 15.9 Å². The highest BCUT2D eigenvalue weighted by molar-refractivity contribution is 9.10. The van der Waals surface area contributed by atoms with E-state index in [1.54, 1.807) is 24.8 Å². The van der Waals surface area contributed by atoms with Gasteiger partial charge in [-0.1, -0.05) is 30.3 Å². The summed E-state index contributed by atoms with van der Waals surface area (Å²) in [5.41, 5.74) is 1.55. The summed E-state index contributed by atoms with van der Waals surface area (Å²) in [5, 5.41) is 2.85. The SMILES string of the molecule is CC(C)(C(=O)Nc1ccccc1Br)C(=O)N1CCc2ccccc21. The summed E-state index contributed by atoms with van der Waals surface area (Å²) < 4.78 is 0.785. The van der Waals surface area contributed by atoms with Crippen LogP contribution in [0.25, 0.3) is 0 Å². The lowest BCUT2D eigenvalue weighted by molar-refractivity contribution is -0.136. The molecule has 0 spiro atoms. The van der Waals surface area contributed by atoms with Crippen molar-refractivity contribution in [3.8, 4) is 0 Å². The fourth-order valence-electron chi connectivity index (χ4n) is 2.82. The van der Waals surface area contributed by atoms with E-state index in [0.29, 0.717) is 12.2 Å². The third kappa shape index (κ3) is 2.96. The van der Waals surface area contributed by atoms with Gasteiger partial charge in [-0.05, 0) is 60.0 Å². The second kappa shape index (κ2) is 6.40. The van der Waals surface area contributed by atoms with Gasteiger partial charge < -0.3 is 10.2 Å². The third-order valence-corrected chi connectivity index (χ3v) is 5.05. The van der Waals surface area contributed by atoms with Gasteiger partial charge in [0.05, 0.1) is 5.69 Å². The van der Waals surface area contributed by atoms with Crippen molar-refractivity contribution in [1.29, 1.82) is 0 Å². The lowest BCUT2D eigenvalue weighted by Crippen LogP contribution is -2.47. The van der Waals surface area contributed by atoms with Gasteiger partial charge in [0.2, 0.25) is 11.8 Å². The molecule has 124 valence electrons. The molecule has 4 nitrogen and oxygen atoms in total. The number of carbonyl (C=O) groups excluding carboxylic acids is 2. The van der Waals surface area contributed by atoms with E-state index in [4.69, 9.17) is 0 Å². The van der Waals surface area contributed by atoms with Crippen molar-refractivity contribution in [2.24, 2.45) is 5.41 Å². The van der Waals surface area contributed by atoms with Crippen LogP contribution in [0.2, 0.25) is 0 Å². The summed E-state index contributed by atoms with van der Waals surface area (Å²) in [6.07, 6.45) is 0.823. The van der Waals surface area contributed by atoms with Crippen LogP contribution in [-0.4, -0.2) is 18.4 Å². The van der Waals surface area contributed by atoms with Crippen LogP contribution in [0, 0.1) is 5.41 Å². The molecule has 0 saturated heterocycles. The van der Waals surface area contributed by atoms with Gasteiger partial charge in [-0.25, -0.2) is 0 Å². The number of para-hydroxylation sites is 2. The average molecular weight is 387 g/mol. The molecule has 3 rings (SSSR count). The van der Waals surface area contributed by atoms with Crippen molar-refractivity contribution in [3.63, 3.8) is 0 Å². The molecule has 0 bridgehead atoms. The predicted molar refractivity (Wildman–Crippen MR) is 99.1 cm³/mol. The predicted octanol–water partition coefficient (Wildman–Crippen LogP) is 4.00. The molecule has 1 aliphatic heterocycles. The summed E-state index contributed by atoms with van der Waals surface area (Å²) in [6.45, 7) is 3.95. The van der Waals surface area contributed by atoms with Crippen LogP contribution in [0.5, 0.6) is 0 Å². The van der Waals surface area contributed by atoms with E-state index in [1.807, 2.05) is 42.5 Å². The van der Waals surface area contributed by atoms with E-state index in [2.05, 4.69) is 21.2 Å². The van der Waals surface area contributed by atoms with Gasteiger partial charge in [0.1, 0.15) is 5.41 Å². The highest BCUT2D eigenvalue weighted by atomic mass is 79.9. The number of benzene rings is 2. The number of nitrogens with one attached hydrogen (secondary N) is 1. The zero-order valence-corrected chi connectivity index (χ0v) is 15.3. The summed E-state index contributed by atoms with van der Waals surface area (Å²) in [5.74, 6) is -0.499. The van der Waals surface area contributed by atoms with Crippen molar-refractivity contribution < 1.29 is 9.59 Å². The quantitative estimate of drug-likeness (QED) is 0.810. The minimum absolute atomic E-state index is 0.183. The number of anilines is 2. The minimum Gasteiger partial charge on any atom is -0.324 e. The molecule has 2 aromatic carbocycles. The second-order valence-corrected chi connectivity index (χ2v) is 7.25. The first-order valence-electron chi connectivity index (χ1n) is 7.87. The fraction of sp³-hybridized carbons (Fsp3) is 0.263. The Bertz CT molecular complexity index is 801. The third-order valence-electron chi connectivity index (χ3n) is 4.36. The first-order valence-corrected chi connectivity index (χ1v) is 8.66. The maximum atomic E-state index is 13.0. The highest BCUT2D eigenvalue weighted by Gasteiger charge is 2.41. The van der Waals surface area contributed by atoms with Crippen molar-refractivity contribution in [2.45, 2.75) is 20.3 Å². The van der Waals surface area contributed by atoms with Gasteiger partial charge in [0.25, 0.3) is 0 Å². The number of hydrogen-bond donors (Lipinski definition) is 1. The van der Waals surface area contributed by atoms with Gasteiger partial charge in [0.15, 0.2) is 0 Å². The molecule has 0 aliphatic carbocycles. The van der Waals surface area contributed by atoms with Gasteiger partial charge in [-0.2, -0.15) is 0 Å². The maximum Gasteiger partial charge on any atom is 0.242 e. The molecule has 0 radical (unpaired) electrons. The van der Waals surface area contributed by atoms with Gasteiger partial charge in [-0.3, -0.25) is 9.59 Å². The Labute approximate surface area is 150 Å². The Morgan fingerprint density at radius 3 is 2.50 bits per heavy atom. The first kappa shape index (κ1) is 16.7. The molecule has 0 atom stereocenters. The van der Waals surface area contributed by atoms with Crippen molar-refractivity contribution in [2.75, 3.05) is 16.8 Å². The lowest BCUT2D eigenvalue weighted by atomic mass is 9.90. The molecule has 0 unspecified atom stereocenters. The lowest BCUT2D eigenvalue weighted by Gasteiger charge is -2.28. The Kier molecular flexibility index (Phi) is 4.45. The number of carbonyl (C=O) groups is 2. The summed E-state index contributed by atoms with van der Waals surface area (Å²) in [7, 11) is 0. The fourth-order valence-corrected chi connectivity index (χ4v) is 3.21. The Morgan fingerprint density at radius 1 is 1.08 bits per heavy atom. The van der Waals surface area contributed by atoms with E-state index in [9.17, 15) is 9.59 Å². The Hall–Kier alpha value is -2.14. The largest absolute Gasteiger partial charge is 0.324 e. The molecular formula is C19H19BrN2O2. The van der Waals surface area contributed by atoms with Gasteiger partial charge in [0, 0.05) is 16.7 Å². The number of nitrogens with zero attached hydrogens (tertiary/aromatic N) is 1. The van der Waals surface area contributed by atoms with E-state index in [1.165, 1.54) is 0 Å². The van der Waals surface area contributed by atoms with Crippen molar-refractivity contribution in [3.05, 3.63) is 58.6 Å². The van der Waals surface area contributed by atoms with E-state index in [-0.39, 0.29) is 11.8 Å². The summed E-state index contributed by atoms with van der Waals surface area (Å²) in [4.78, 5) is 27.4. The highest BCUT2D eigenvalue weighted by Crippen LogP contribution is 2.33. The Balaban J connectivity index is 1.81. The molecule has 0 aromatic heterocycles. The van der Waals surface area contributed by atoms with Crippen LogP contribution < -0.4 is 10.2 Å². The summed E-state index contributed by atoms with van der Waals surface area (Å²) >= 11 is 3.41. The molecule has 2 amide bonds. The Morgan fingerprint density at radius 2 is 1.75 bits per heavy atom. The minimum atomic E-state index is -1.16. The van der Waals surface area contributed by atoms with Crippen molar-refractivity contribution in [1.82, 2.24) is 0 Å². The average Bonchev–Trinajstić information content (AvgIpc) is 3.00. The zero-order chi connectivity index (χ0) is 17.3. The summed E-state index contributed by atoms with van der Waals surface area (Å²) in [6, 6.07) is 15.2. The van der Waals surface area contributed by atoms with E-state index >= 15 is 0 Å². The number of amides is 2. The molecule has 1 heterocycles. The van der Waals surface area contributed by atoms with Crippen molar-refractivity contribution >= 4 is 39.1 Å².